The third-order valence-electron chi connectivity index (χ3n) is 2.96. The first-order chi connectivity index (χ1) is 9.42. The maximum Gasteiger partial charge on any atom is 0.245 e. The first kappa shape index (κ1) is 14.8. The van der Waals surface area contributed by atoms with Gasteiger partial charge in [0.25, 0.3) is 0 Å². The molecule has 4 N–H and O–H groups in total. The number of aromatic nitrogens is 2. The summed E-state index contributed by atoms with van der Waals surface area (Å²) in [6, 6.07) is 0.275. The van der Waals surface area contributed by atoms with E-state index in [2.05, 4.69) is 15.1 Å². The predicted octanol–water partition coefficient (Wildman–Crippen LogP) is -0.568. The number of carbonyl (C=O) groups is 1. The Bertz CT molecular complexity index is 591. The summed E-state index contributed by atoms with van der Waals surface area (Å²) in [7, 11) is -3.73. The normalized spacial score (nSPS) is 15.2. The molecule has 112 valence electrons. The Balaban J connectivity index is 1.89. The molecule has 0 saturated heterocycles. The standard InChI is InChI=1S/C11H19N5O3S/c1-2-16-7-9(11(12)15-16)20(18,19)13-6-5-10(17)14-8-3-4-8/h7-8,13H,2-6H2,1H3,(H2,12,15)(H,14,17). The minimum absolute atomic E-state index is 0.0393. The number of hydrogen-bond donors (Lipinski definition) is 3. The van der Waals surface area contributed by atoms with Crippen molar-refractivity contribution in [1.82, 2.24) is 19.8 Å². The maximum absolute atomic E-state index is 12.0. The molecule has 1 aliphatic carbocycles. The number of rotatable bonds is 7. The van der Waals surface area contributed by atoms with Crippen molar-refractivity contribution in [3.05, 3.63) is 6.20 Å². The van der Waals surface area contributed by atoms with Crippen LogP contribution >= 0.6 is 0 Å². The molecule has 0 aromatic carbocycles. The largest absolute Gasteiger partial charge is 0.381 e. The number of nitrogens with one attached hydrogen (secondary N) is 2. The highest BCUT2D eigenvalue weighted by Gasteiger charge is 2.24. The lowest BCUT2D eigenvalue weighted by Gasteiger charge is -2.06. The van der Waals surface area contributed by atoms with Gasteiger partial charge in [0.15, 0.2) is 5.82 Å². The fourth-order valence-electron chi connectivity index (χ4n) is 1.69. The molecule has 2 rings (SSSR count). The molecule has 9 heteroatoms. The zero-order valence-corrected chi connectivity index (χ0v) is 12.1. The lowest BCUT2D eigenvalue weighted by Crippen LogP contribution is -2.31. The summed E-state index contributed by atoms with van der Waals surface area (Å²) in [4.78, 5) is 11.4. The highest BCUT2D eigenvalue weighted by Crippen LogP contribution is 2.18. The predicted molar refractivity (Wildman–Crippen MR) is 73.3 cm³/mol. The molecule has 0 radical (unpaired) electrons. The summed E-state index contributed by atoms with van der Waals surface area (Å²) in [5.74, 6) is -0.186. The average Bonchev–Trinajstić information content (AvgIpc) is 3.08. The quantitative estimate of drug-likeness (QED) is 0.623. The van der Waals surface area contributed by atoms with E-state index in [9.17, 15) is 13.2 Å². The Morgan fingerprint density at radius 1 is 1.55 bits per heavy atom. The van der Waals surface area contributed by atoms with Crippen LogP contribution < -0.4 is 15.8 Å². The summed E-state index contributed by atoms with van der Waals surface area (Å²) in [6.07, 6.45) is 3.49. The van der Waals surface area contributed by atoms with Crippen molar-refractivity contribution >= 4 is 21.7 Å². The summed E-state index contributed by atoms with van der Waals surface area (Å²) in [6.45, 7) is 2.40. The molecule has 1 aliphatic rings. The van der Waals surface area contributed by atoms with E-state index in [1.165, 1.54) is 10.9 Å². The molecule has 1 aromatic heterocycles. The summed E-state index contributed by atoms with van der Waals surface area (Å²) in [5, 5.41) is 6.67. The van der Waals surface area contributed by atoms with Gasteiger partial charge in [0.1, 0.15) is 4.90 Å². The second kappa shape index (κ2) is 5.80. The van der Waals surface area contributed by atoms with Crippen LogP contribution in [0.4, 0.5) is 5.82 Å². The summed E-state index contributed by atoms with van der Waals surface area (Å²) in [5.41, 5.74) is 5.58. The van der Waals surface area contributed by atoms with E-state index in [1.807, 2.05) is 6.92 Å². The van der Waals surface area contributed by atoms with Crippen molar-refractivity contribution < 1.29 is 13.2 Å². The SMILES string of the molecule is CCn1cc(S(=O)(=O)NCCC(=O)NC2CC2)c(N)n1. The second-order valence-corrected chi connectivity index (χ2v) is 6.46. The second-order valence-electron chi connectivity index (χ2n) is 4.72. The van der Waals surface area contributed by atoms with Crippen LogP contribution in [0.25, 0.3) is 0 Å². The molecule has 0 atom stereocenters. The van der Waals surface area contributed by atoms with Gasteiger partial charge in [0.2, 0.25) is 15.9 Å². The molecule has 0 unspecified atom stereocenters. The van der Waals surface area contributed by atoms with Crippen molar-refractivity contribution in [2.45, 2.75) is 43.7 Å². The molecule has 1 fully saturated rings. The van der Waals surface area contributed by atoms with Crippen LogP contribution in [0.2, 0.25) is 0 Å². The lowest BCUT2D eigenvalue weighted by molar-refractivity contribution is -0.121. The summed E-state index contributed by atoms with van der Waals surface area (Å²) >= 11 is 0. The Kier molecular flexibility index (Phi) is 4.29. The fraction of sp³-hybridized carbons (Fsp3) is 0.636. The molecule has 0 spiro atoms. The number of amides is 1. The van der Waals surface area contributed by atoms with Crippen molar-refractivity contribution in [3.63, 3.8) is 0 Å². The number of carbonyl (C=O) groups excluding carboxylic acids is 1. The fourth-order valence-corrected chi connectivity index (χ4v) is 2.79. The van der Waals surface area contributed by atoms with E-state index in [4.69, 9.17) is 5.73 Å². The number of nitrogens with two attached hydrogens (primary N) is 1. The maximum atomic E-state index is 12.0. The van der Waals surface area contributed by atoms with Gasteiger partial charge in [0, 0.05) is 31.7 Å². The molecule has 0 aliphatic heterocycles. The molecule has 1 saturated carbocycles. The van der Waals surface area contributed by atoms with Gasteiger partial charge >= 0.3 is 0 Å². The van der Waals surface area contributed by atoms with E-state index >= 15 is 0 Å². The zero-order chi connectivity index (χ0) is 14.8. The molecule has 1 heterocycles. The van der Waals surface area contributed by atoms with Crippen molar-refractivity contribution in [3.8, 4) is 0 Å². The minimum atomic E-state index is -3.73. The van der Waals surface area contributed by atoms with E-state index in [1.54, 1.807) is 0 Å². The van der Waals surface area contributed by atoms with Crippen LogP contribution in [0, 0.1) is 0 Å². The van der Waals surface area contributed by atoms with Gasteiger partial charge in [-0.1, -0.05) is 0 Å². The number of nitrogens with zero attached hydrogens (tertiary/aromatic N) is 2. The van der Waals surface area contributed by atoms with Crippen LogP contribution in [0.15, 0.2) is 11.1 Å². The molecular weight excluding hydrogens is 282 g/mol. The van der Waals surface area contributed by atoms with E-state index in [0.29, 0.717) is 6.54 Å². The van der Waals surface area contributed by atoms with Crippen molar-refractivity contribution in [2.75, 3.05) is 12.3 Å². The van der Waals surface area contributed by atoms with Crippen molar-refractivity contribution in [2.24, 2.45) is 0 Å². The van der Waals surface area contributed by atoms with Gasteiger partial charge in [-0.05, 0) is 19.8 Å². The first-order valence-electron chi connectivity index (χ1n) is 6.54. The number of sulfonamides is 1. The van der Waals surface area contributed by atoms with Gasteiger partial charge < -0.3 is 11.1 Å². The monoisotopic (exact) mass is 301 g/mol. The highest BCUT2D eigenvalue weighted by molar-refractivity contribution is 7.89. The number of hydrogen-bond acceptors (Lipinski definition) is 5. The molecule has 20 heavy (non-hydrogen) atoms. The van der Waals surface area contributed by atoms with Crippen LogP contribution in [-0.4, -0.2) is 36.7 Å². The summed E-state index contributed by atoms with van der Waals surface area (Å²) < 4.78 is 27.8. The topological polar surface area (TPSA) is 119 Å². The van der Waals surface area contributed by atoms with E-state index in [-0.39, 0.29) is 35.6 Å². The van der Waals surface area contributed by atoms with Gasteiger partial charge in [-0.3, -0.25) is 9.48 Å². The smallest absolute Gasteiger partial charge is 0.245 e. The molecular formula is C11H19N5O3S. The zero-order valence-electron chi connectivity index (χ0n) is 11.3. The third-order valence-corrected chi connectivity index (χ3v) is 4.43. The first-order valence-corrected chi connectivity index (χ1v) is 8.02. The number of anilines is 1. The van der Waals surface area contributed by atoms with E-state index < -0.39 is 10.0 Å². The van der Waals surface area contributed by atoms with Crippen molar-refractivity contribution in [1.29, 1.82) is 0 Å². The average molecular weight is 301 g/mol. The van der Waals surface area contributed by atoms with Gasteiger partial charge in [-0.2, -0.15) is 5.10 Å². The Labute approximate surface area is 117 Å². The van der Waals surface area contributed by atoms with Crippen LogP contribution in [0.3, 0.4) is 0 Å². The van der Waals surface area contributed by atoms with Crippen LogP contribution in [0.1, 0.15) is 26.2 Å². The number of aryl methyl sites for hydroxylation is 1. The number of nitrogen functional groups attached to an aromatic ring is 1. The molecule has 1 amide bonds. The minimum Gasteiger partial charge on any atom is -0.381 e. The molecule has 1 aromatic rings. The highest BCUT2D eigenvalue weighted by atomic mass is 32.2. The molecule has 8 nitrogen and oxygen atoms in total. The van der Waals surface area contributed by atoms with Gasteiger partial charge in [0.05, 0.1) is 0 Å². The van der Waals surface area contributed by atoms with Gasteiger partial charge in [-0.25, -0.2) is 13.1 Å². The Morgan fingerprint density at radius 2 is 2.25 bits per heavy atom. The lowest BCUT2D eigenvalue weighted by atomic mass is 10.4. The third kappa shape index (κ3) is 3.70. The van der Waals surface area contributed by atoms with Crippen LogP contribution in [-0.2, 0) is 21.4 Å². The Hall–Kier alpha value is -1.61. The van der Waals surface area contributed by atoms with E-state index in [0.717, 1.165) is 12.8 Å². The van der Waals surface area contributed by atoms with Gasteiger partial charge in [-0.15, -0.1) is 0 Å². The van der Waals surface area contributed by atoms with Crippen LogP contribution in [0.5, 0.6) is 0 Å². The Morgan fingerprint density at radius 3 is 2.80 bits per heavy atom. The molecule has 0 bridgehead atoms.